The van der Waals surface area contributed by atoms with E-state index >= 15 is 0 Å². The quantitative estimate of drug-likeness (QED) is 0.637. The zero-order chi connectivity index (χ0) is 22.4. The van der Waals surface area contributed by atoms with Crippen LogP contribution in [0.5, 0.6) is 11.8 Å². The van der Waals surface area contributed by atoms with Gasteiger partial charge in [0.1, 0.15) is 6.10 Å². The number of nitrogens with zero attached hydrogens (tertiary/aromatic N) is 2. The number of methoxy groups -OCH3 is 1. The van der Waals surface area contributed by atoms with Crippen molar-refractivity contribution in [3.8, 4) is 11.8 Å². The Hall–Kier alpha value is -2.72. The Morgan fingerprint density at radius 2 is 1.81 bits per heavy atom. The van der Waals surface area contributed by atoms with Gasteiger partial charge < -0.3 is 14.8 Å². The molecule has 31 heavy (non-hydrogen) atoms. The molecule has 1 aliphatic rings. The summed E-state index contributed by atoms with van der Waals surface area (Å²) in [6, 6.07) is 4.63. The largest absolute Gasteiger partial charge is 0.477 e. The standard InChI is InChI=1S/C21H28N4O5S/c1-4-19(26)24-16-7-10-18(14(2)13-16)31(27,28)25-15-5-8-17(9-6-15)30-21-20(29-3)22-11-12-23-21/h7,10-13,15,17,25H,4-6,8-9H2,1-3H3,(H,24,26). The van der Waals surface area contributed by atoms with Crippen molar-refractivity contribution in [3.63, 3.8) is 0 Å². The molecule has 1 amide bonds. The topological polar surface area (TPSA) is 120 Å². The van der Waals surface area contributed by atoms with Crippen LogP contribution in [0.15, 0.2) is 35.5 Å². The second-order valence-corrected chi connectivity index (χ2v) is 9.15. The lowest BCUT2D eigenvalue weighted by atomic mass is 9.94. The molecular formula is C21H28N4O5S. The molecule has 168 valence electrons. The second-order valence-electron chi connectivity index (χ2n) is 7.47. The third-order valence-corrected chi connectivity index (χ3v) is 6.85. The van der Waals surface area contributed by atoms with Crippen molar-refractivity contribution < 1.29 is 22.7 Å². The van der Waals surface area contributed by atoms with Gasteiger partial charge in [0.2, 0.25) is 15.9 Å². The van der Waals surface area contributed by atoms with Gasteiger partial charge >= 0.3 is 0 Å². The fourth-order valence-corrected chi connectivity index (χ4v) is 5.08. The minimum Gasteiger partial charge on any atom is -0.477 e. The van der Waals surface area contributed by atoms with Gasteiger partial charge in [-0.05, 0) is 56.4 Å². The van der Waals surface area contributed by atoms with Crippen LogP contribution in [-0.4, -0.2) is 43.5 Å². The average Bonchev–Trinajstić information content (AvgIpc) is 2.75. The van der Waals surface area contributed by atoms with Crippen LogP contribution in [-0.2, 0) is 14.8 Å². The number of hydrogen-bond donors (Lipinski definition) is 2. The van der Waals surface area contributed by atoms with Crippen molar-refractivity contribution in [2.45, 2.75) is 63.0 Å². The molecule has 3 rings (SSSR count). The van der Waals surface area contributed by atoms with E-state index in [-0.39, 0.29) is 22.9 Å². The molecule has 0 aliphatic heterocycles. The Labute approximate surface area is 182 Å². The lowest BCUT2D eigenvalue weighted by molar-refractivity contribution is -0.115. The van der Waals surface area contributed by atoms with E-state index in [0.29, 0.717) is 55.1 Å². The van der Waals surface area contributed by atoms with E-state index in [0.717, 1.165) is 0 Å². The number of hydrogen-bond acceptors (Lipinski definition) is 7. The highest BCUT2D eigenvalue weighted by Gasteiger charge is 2.28. The molecule has 2 aromatic rings. The van der Waals surface area contributed by atoms with Crippen molar-refractivity contribution >= 4 is 21.6 Å². The van der Waals surface area contributed by atoms with E-state index in [9.17, 15) is 13.2 Å². The lowest BCUT2D eigenvalue weighted by Gasteiger charge is -2.29. The molecule has 0 unspecified atom stereocenters. The van der Waals surface area contributed by atoms with Gasteiger partial charge in [-0.3, -0.25) is 4.79 Å². The zero-order valence-electron chi connectivity index (χ0n) is 17.9. The smallest absolute Gasteiger partial charge is 0.278 e. The highest BCUT2D eigenvalue weighted by Crippen LogP contribution is 2.28. The van der Waals surface area contributed by atoms with Crippen LogP contribution in [0.2, 0.25) is 0 Å². The first kappa shape index (κ1) is 23.0. The summed E-state index contributed by atoms with van der Waals surface area (Å²) in [6.07, 6.45) is 6.03. The maximum Gasteiger partial charge on any atom is 0.278 e. The first-order valence-corrected chi connectivity index (χ1v) is 11.7. The predicted molar refractivity (Wildman–Crippen MR) is 116 cm³/mol. The molecular weight excluding hydrogens is 420 g/mol. The molecule has 1 aromatic carbocycles. The lowest BCUT2D eigenvalue weighted by Crippen LogP contribution is -2.40. The number of ether oxygens (including phenoxy) is 2. The molecule has 10 heteroatoms. The maximum absolute atomic E-state index is 12.9. The summed E-state index contributed by atoms with van der Waals surface area (Å²) in [4.78, 5) is 20.0. The first-order valence-electron chi connectivity index (χ1n) is 10.3. The molecule has 0 saturated heterocycles. The molecule has 1 heterocycles. The van der Waals surface area contributed by atoms with Gasteiger partial charge in [-0.25, -0.2) is 23.1 Å². The van der Waals surface area contributed by atoms with E-state index in [1.54, 1.807) is 32.2 Å². The normalized spacial score (nSPS) is 18.9. The number of sulfonamides is 1. The summed E-state index contributed by atoms with van der Waals surface area (Å²) in [7, 11) is -2.17. The number of amides is 1. The molecule has 0 atom stereocenters. The third kappa shape index (κ3) is 5.92. The molecule has 9 nitrogen and oxygen atoms in total. The number of carbonyl (C=O) groups is 1. The number of anilines is 1. The van der Waals surface area contributed by atoms with E-state index in [2.05, 4.69) is 20.0 Å². The summed E-state index contributed by atoms with van der Waals surface area (Å²) in [5.74, 6) is 0.561. The second kappa shape index (κ2) is 10.1. The van der Waals surface area contributed by atoms with Crippen LogP contribution in [0.25, 0.3) is 0 Å². The van der Waals surface area contributed by atoms with Gasteiger partial charge in [-0.1, -0.05) is 6.92 Å². The first-order chi connectivity index (χ1) is 14.8. The van der Waals surface area contributed by atoms with Gasteiger partial charge in [0.25, 0.3) is 11.8 Å². The molecule has 0 radical (unpaired) electrons. The van der Waals surface area contributed by atoms with Crippen LogP contribution in [0.3, 0.4) is 0 Å². The van der Waals surface area contributed by atoms with Gasteiger partial charge in [0, 0.05) is 30.5 Å². The SMILES string of the molecule is CCC(=O)Nc1ccc(S(=O)(=O)NC2CCC(Oc3nccnc3OC)CC2)c(C)c1. The van der Waals surface area contributed by atoms with E-state index in [1.165, 1.54) is 19.4 Å². The van der Waals surface area contributed by atoms with Crippen LogP contribution >= 0.6 is 0 Å². The Morgan fingerprint density at radius 1 is 1.13 bits per heavy atom. The molecule has 1 aliphatic carbocycles. The van der Waals surface area contributed by atoms with Gasteiger partial charge in [-0.2, -0.15) is 0 Å². The highest BCUT2D eigenvalue weighted by molar-refractivity contribution is 7.89. The minimum absolute atomic E-state index is 0.0745. The summed E-state index contributed by atoms with van der Waals surface area (Å²) in [5, 5.41) is 2.74. The van der Waals surface area contributed by atoms with Gasteiger partial charge in [-0.15, -0.1) is 0 Å². The monoisotopic (exact) mass is 448 g/mol. The van der Waals surface area contributed by atoms with Crippen molar-refractivity contribution in [1.29, 1.82) is 0 Å². The molecule has 0 bridgehead atoms. The highest BCUT2D eigenvalue weighted by atomic mass is 32.2. The number of aryl methyl sites for hydroxylation is 1. The average molecular weight is 449 g/mol. The summed E-state index contributed by atoms with van der Waals surface area (Å²) < 4.78 is 39.7. The van der Waals surface area contributed by atoms with Crippen molar-refractivity contribution in [2.24, 2.45) is 0 Å². The zero-order valence-corrected chi connectivity index (χ0v) is 18.7. The number of benzene rings is 1. The Morgan fingerprint density at radius 3 is 2.42 bits per heavy atom. The fraction of sp³-hybridized carbons (Fsp3) is 0.476. The molecule has 1 fully saturated rings. The van der Waals surface area contributed by atoms with Crippen LogP contribution < -0.4 is 19.5 Å². The predicted octanol–water partition coefficient (Wildman–Crippen LogP) is 2.81. The summed E-state index contributed by atoms with van der Waals surface area (Å²) in [6.45, 7) is 3.48. The van der Waals surface area contributed by atoms with Gasteiger partial charge in [0.15, 0.2) is 0 Å². The number of nitrogens with one attached hydrogen (secondary N) is 2. The van der Waals surface area contributed by atoms with E-state index in [1.807, 2.05) is 0 Å². The van der Waals surface area contributed by atoms with E-state index < -0.39 is 10.0 Å². The van der Waals surface area contributed by atoms with Crippen molar-refractivity contribution in [2.75, 3.05) is 12.4 Å². The minimum atomic E-state index is -3.67. The Kier molecular flexibility index (Phi) is 7.45. The van der Waals surface area contributed by atoms with Crippen molar-refractivity contribution in [1.82, 2.24) is 14.7 Å². The Balaban J connectivity index is 1.59. The van der Waals surface area contributed by atoms with Crippen molar-refractivity contribution in [3.05, 3.63) is 36.2 Å². The molecule has 0 spiro atoms. The molecule has 1 aromatic heterocycles. The fourth-order valence-electron chi connectivity index (χ4n) is 3.55. The third-order valence-electron chi connectivity index (χ3n) is 5.17. The van der Waals surface area contributed by atoms with Crippen LogP contribution in [0.1, 0.15) is 44.6 Å². The summed E-state index contributed by atoms with van der Waals surface area (Å²) >= 11 is 0. The number of rotatable bonds is 8. The molecule has 2 N–H and O–H groups in total. The number of carbonyl (C=O) groups excluding carboxylic acids is 1. The Bertz CT molecular complexity index is 1020. The number of aromatic nitrogens is 2. The molecule has 1 saturated carbocycles. The van der Waals surface area contributed by atoms with Crippen LogP contribution in [0.4, 0.5) is 5.69 Å². The van der Waals surface area contributed by atoms with Gasteiger partial charge in [0.05, 0.1) is 12.0 Å². The summed E-state index contributed by atoms with van der Waals surface area (Å²) in [5.41, 5.74) is 1.16. The van der Waals surface area contributed by atoms with E-state index in [4.69, 9.17) is 9.47 Å². The van der Waals surface area contributed by atoms with Crippen LogP contribution in [0, 0.1) is 6.92 Å². The maximum atomic E-state index is 12.9.